The van der Waals surface area contributed by atoms with Crippen LogP contribution in [-0.4, -0.2) is 44.7 Å². The van der Waals surface area contributed by atoms with Crippen LogP contribution >= 0.6 is 0 Å². The van der Waals surface area contributed by atoms with E-state index in [-0.39, 0.29) is 11.5 Å². The molecule has 2 rings (SSSR count). The second-order valence-electron chi connectivity index (χ2n) is 5.45. The predicted octanol–water partition coefficient (Wildman–Crippen LogP) is 1.21. The number of aliphatic hydroxyl groups is 1. The monoisotopic (exact) mass is 316 g/mol. The maximum atomic E-state index is 12.2. The molecule has 7 heteroatoms. The van der Waals surface area contributed by atoms with Gasteiger partial charge in [0, 0.05) is 0 Å². The fourth-order valence-electron chi connectivity index (χ4n) is 2.03. The van der Waals surface area contributed by atoms with E-state index in [1.807, 2.05) is 6.92 Å². The molecule has 0 saturated carbocycles. The van der Waals surface area contributed by atoms with E-state index >= 15 is 0 Å². The van der Waals surface area contributed by atoms with E-state index in [2.05, 4.69) is 0 Å². The zero-order valence-electron chi connectivity index (χ0n) is 12.3. The first-order valence-electron chi connectivity index (χ1n) is 6.66. The molecule has 1 saturated heterocycles. The minimum absolute atomic E-state index is 0.0460. The van der Waals surface area contributed by atoms with Gasteiger partial charge in [-0.2, -0.15) is 8.42 Å². The molecule has 2 atom stereocenters. The smallest absolute Gasteiger partial charge is 0.297 e. The van der Waals surface area contributed by atoms with Crippen LogP contribution in [0.4, 0.5) is 0 Å². The summed E-state index contributed by atoms with van der Waals surface area (Å²) in [5.41, 5.74) is 0.946. The SMILES string of the molecule is Cc1ccc(S(=O)(=O)OC(CO)C2COC(C)(C)O2)cc1. The van der Waals surface area contributed by atoms with Gasteiger partial charge in [-0.05, 0) is 32.9 Å². The standard InChI is InChI=1S/C14H20O6S/c1-10-4-6-11(7-5-10)21(16,17)20-12(8-15)13-9-18-14(2,3)19-13/h4-7,12-13,15H,8-9H2,1-3H3. The van der Waals surface area contributed by atoms with Crippen LogP contribution in [0.25, 0.3) is 0 Å². The third kappa shape index (κ3) is 4.02. The third-order valence-electron chi connectivity index (χ3n) is 3.18. The molecule has 0 bridgehead atoms. The van der Waals surface area contributed by atoms with Gasteiger partial charge in [-0.3, -0.25) is 4.18 Å². The molecule has 6 nitrogen and oxygen atoms in total. The van der Waals surface area contributed by atoms with E-state index in [1.165, 1.54) is 12.1 Å². The molecule has 118 valence electrons. The fraction of sp³-hybridized carbons (Fsp3) is 0.571. The Labute approximate surface area is 124 Å². The van der Waals surface area contributed by atoms with Gasteiger partial charge in [0.25, 0.3) is 10.1 Å². The fourth-order valence-corrected chi connectivity index (χ4v) is 3.12. The summed E-state index contributed by atoms with van der Waals surface area (Å²) in [4.78, 5) is 0.0460. The van der Waals surface area contributed by atoms with Crippen molar-refractivity contribution in [2.24, 2.45) is 0 Å². The highest BCUT2D eigenvalue weighted by atomic mass is 32.2. The number of hydrogen-bond acceptors (Lipinski definition) is 6. The topological polar surface area (TPSA) is 82.1 Å². The van der Waals surface area contributed by atoms with Crippen LogP contribution in [0.5, 0.6) is 0 Å². The Hall–Kier alpha value is -0.990. The molecule has 1 aliphatic heterocycles. The van der Waals surface area contributed by atoms with E-state index < -0.39 is 34.7 Å². The first kappa shape index (κ1) is 16.4. The normalized spacial score (nSPS) is 23.1. The number of hydrogen-bond donors (Lipinski definition) is 1. The predicted molar refractivity (Wildman–Crippen MR) is 75.2 cm³/mol. The average Bonchev–Trinajstić information content (AvgIpc) is 2.77. The molecule has 1 N–H and O–H groups in total. The summed E-state index contributed by atoms with van der Waals surface area (Å²) in [6, 6.07) is 6.30. The molecule has 1 aliphatic rings. The molecule has 0 aromatic heterocycles. The molecule has 1 aromatic carbocycles. The van der Waals surface area contributed by atoms with Gasteiger partial charge in [0.05, 0.1) is 18.1 Å². The lowest BCUT2D eigenvalue weighted by Crippen LogP contribution is -2.37. The van der Waals surface area contributed by atoms with Crippen molar-refractivity contribution in [3.05, 3.63) is 29.8 Å². The maximum Gasteiger partial charge on any atom is 0.297 e. The highest BCUT2D eigenvalue weighted by Gasteiger charge is 2.39. The highest BCUT2D eigenvalue weighted by molar-refractivity contribution is 7.86. The van der Waals surface area contributed by atoms with Crippen LogP contribution in [0.15, 0.2) is 29.2 Å². The third-order valence-corrected chi connectivity index (χ3v) is 4.54. The summed E-state index contributed by atoms with van der Waals surface area (Å²) in [5.74, 6) is -0.810. The maximum absolute atomic E-state index is 12.2. The van der Waals surface area contributed by atoms with Crippen LogP contribution in [0.3, 0.4) is 0 Å². The zero-order chi connectivity index (χ0) is 15.7. The second-order valence-corrected chi connectivity index (χ2v) is 7.02. The number of rotatable bonds is 5. The van der Waals surface area contributed by atoms with E-state index in [4.69, 9.17) is 13.7 Å². The Kier molecular flexibility index (Phi) is 4.69. The molecule has 0 aliphatic carbocycles. The molecule has 1 heterocycles. The molecule has 1 aromatic rings. The van der Waals surface area contributed by atoms with E-state index in [0.717, 1.165) is 5.56 Å². The molecule has 0 radical (unpaired) electrons. The molecule has 0 spiro atoms. The van der Waals surface area contributed by atoms with Crippen molar-refractivity contribution in [3.8, 4) is 0 Å². The van der Waals surface area contributed by atoms with Gasteiger partial charge in [-0.1, -0.05) is 17.7 Å². The Morgan fingerprint density at radius 3 is 2.48 bits per heavy atom. The zero-order valence-corrected chi connectivity index (χ0v) is 13.1. The van der Waals surface area contributed by atoms with Crippen molar-refractivity contribution < 1.29 is 27.2 Å². The lowest BCUT2D eigenvalue weighted by Gasteiger charge is -2.22. The van der Waals surface area contributed by atoms with Crippen LogP contribution in [0.1, 0.15) is 19.4 Å². The first-order valence-corrected chi connectivity index (χ1v) is 8.07. The average molecular weight is 316 g/mol. The molecule has 0 amide bonds. The lowest BCUT2D eigenvalue weighted by atomic mass is 10.2. The molecule has 1 fully saturated rings. The summed E-state index contributed by atoms with van der Waals surface area (Å²) in [6.07, 6.45) is -1.64. The first-order chi connectivity index (χ1) is 9.73. The number of aliphatic hydroxyl groups excluding tert-OH is 1. The largest absolute Gasteiger partial charge is 0.394 e. The van der Waals surface area contributed by atoms with Crippen molar-refractivity contribution in [2.75, 3.05) is 13.2 Å². The summed E-state index contributed by atoms with van der Waals surface area (Å²) in [6.45, 7) is 4.99. The van der Waals surface area contributed by atoms with Gasteiger partial charge in [0.2, 0.25) is 0 Å². The lowest BCUT2D eigenvalue weighted by molar-refractivity contribution is -0.151. The van der Waals surface area contributed by atoms with Gasteiger partial charge in [0.1, 0.15) is 12.2 Å². The van der Waals surface area contributed by atoms with E-state index in [1.54, 1.807) is 26.0 Å². The minimum atomic E-state index is -3.96. The van der Waals surface area contributed by atoms with E-state index in [0.29, 0.717) is 0 Å². The van der Waals surface area contributed by atoms with Crippen molar-refractivity contribution in [1.82, 2.24) is 0 Å². The summed E-state index contributed by atoms with van der Waals surface area (Å²) < 4.78 is 40.4. The Morgan fingerprint density at radius 1 is 1.38 bits per heavy atom. The van der Waals surface area contributed by atoms with Crippen LogP contribution in [0.2, 0.25) is 0 Å². The van der Waals surface area contributed by atoms with Gasteiger partial charge in [-0.15, -0.1) is 0 Å². The Morgan fingerprint density at radius 2 is 2.00 bits per heavy atom. The Bertz CT molecular complexity index is 578. The molecular weight excluding hydrogens is 296 g/mol. The molecule has 2 unspecified atom stereocenters. The van der Waals surface area contributed by atoms with Crippen molar-refractivity contribution in [2.45, 2.75) is 43.7 Å². The highest BCUT2D eigenvalue weighted by Crippen LogP contribution is 2.27. The summed E-state index contributed by atoms with van der Waals surface area (Å²) in [5, 5.41) is 9.39. The van der Waals surface area contributed by atoms with E-state index in [9.17, 15) is 13.5 Å². The summed E-state index contributed by atoms with van der Waals surface area (Å²) >= 11 is 0. The van der Waals surface area contributed by atoms with Gasteiger partial charge >= 0.3 is 0 Å². The van der Waals surface area contributed by atoms with Crippen molar-refractivity contribution >= 4 is 10.1 Å². The number of benzene rings is 1. The van der Waals surface area contributed by atoms with Crippen LogP contribution in [0, 0.1) is 6.92 Å². The van der Waals surface area contributed by atoms with Crippen molar-refractivity contribution in [1.29, 1.82) is 0 Å². The van der Waals surface area contributed by atoms with Crippen LogP contribution in [-0.2, 0) is 23.8 Å². The van der Waals surface area contributed by atoms with Crippen molar-refractivity contribution in [3.63, 3.8) is 0 Å². The summed E-state index contributed by atoms with van der Waals surface area (Å²) in [7, 11) is -3.96. The Balaban J connectivity index is 2.12. The number of ether oxygens (including phenoxy) is 2. The molecular formula is C14H20O6S. The quantitative estimate of drug-likeness (QED) is 0.822. The van der Waals surface area contributed by atoms with Crippen LogP contribution < -0.4 is 0 Å². The second kappa shape index (κ2) is 6.02. The molecule has 21 heavy (non-hydrogen) atoms. The van der Waals surface area contributed by atoms with Gasteiger partial charge in [-0.25, -0.2) is 0 Å². The number of aryl methyl sites for hydroxylation is 1. The van der Waals surface area contributed by atoms with Gasteiger partial charge < -0.3 is 14.6 Å². The minimum Gasteiger partial charge on any atom is -0.394 e. The van der Waals surface area contributed by atoms with Gasteiger partial charge in [0.15, 0.2) is 5.79 Å².